The Morgan fingerprint density at radius 3 is 2.86 bits per heavy atom. The number of rotatable bonds is 4. The van der Waals surface area contributed by atoms with E-state index in [-0.39, 0.29) is 29.0 Å². The number of fused-ring (bicyclic) bond motifs is 1. The minimum atomic E-state index is -4.54. The summed E-state index contributed by atoms with van der Waals surface area (Å²) in [6.07, 6.45) is -2.28. The Labute approximate surface area is 158 Å². The Morgan fingerprint density at radius 2 is 2.11 bits per heavy atom. The fourth-order valence-electron chi connectivity index (χ4n) is 3.49. The lowest BCUT2D eigenvalue weighted by Gasteiger charge is -2.20. The van der Waals surface area contributed by atoms with Gasteiger partial charge in [0.05, 0.1) is 17.8 Å². The van der Waals surface area contributed by atoms with E-state index in [2.05, 4.69) is 20.1 Å². The van der Waals surface area contributed by atoms with Crippen molar-refractivity contribution in [2.75, 3.05) is 24.5 Å². The van der Waals surface area contributed by atoms with Crippen LogP contribution in [0.1, 0.15) is 28.9 Å². The van der Waals surface area contributed by atoms with Gasteiger partial charge in [-0.3, -0.25) is 10.4 Å². The molecule has 0 aromatic carbocycles. The highest BCUT2D eigenvalue weighted by atomic mass is 19.4. The summed E-state index contributed by atoms with van der Waals surface area (Å²) >= 11 is 0. The van der Waals surface area contributed by atoms with Crippen LogP contribution in [-0.2, 0) is 6.18 Å². The van der Waals surface area contributed by atoms with E-state index in [1.165, 1.54) is 6.20 Å². The normalized spacial score (nSPS) is 19.0. The van der Waals surface area contributed by atoms with Crippen LogP contribution in [0.5, 0.6) is 0 Å². The van der Waals surface area contributed by atoms with Gasteiger partial charge in [-0.1, -0.05) is 0 Å². The fraction of sp³-hybridized carbons (Fsp3) is 0.333. The van der Waals surface area contributed by atoms with Gasteiger partial charge >= 0.3 is 6.18 Å². The summed E-state index contributed by atoms with van der Waals surface area (Å²) in [6.45, 7) is 1.40. The zero-order valence-corrected chi connectivity index (χ0v) is 14.7. The van der Waals surface area contributed by atoms with E-state index in [0.29, 0.717) is 30.9 Å². The number of aromatic nitrogens is 2. The van der Waals surface area contributed by atoms with Crippen LogP contribution in [0.25, 0.3) is 0 Å². The molecule has 4 heterocycles. The first-order valence-electron chi connectivity index (χ1n) is 8.67. The summed E-state index contributed by atoms with van der Waals surface area (Å²) < 4.78 is 40.5. The highest BCUT2D eigenvalue weighted by Crippen LogP contribution is 2.34. The zero-order chi connectivity index (χ0) is 19.9. The van der Waals surface area contributed by atoms with Crippen molar-refractivity contribution in [3.63, 3.8) is 0 Å². The second kappa shape index (κ2) is 6.77. The molecular formula is C18H16F3N7. The number of halogens is 3. The Bertz CT molecular complexity index is 983. The maximum atomic E-state index is 13.5. The van der Waals surface area contributed by atoms with Crippen LogP contribution in [0, 0.1) is 16.9 Å². The van der Waals surface area contributed by atoms with Gasteiger partial charge in [-0.15, -0.1) is 0 Å². The Hall–Kier alpha value is -3.17. The molecule has 0 amide bonds. The smallest absolute Gasteiger partial charge is 0.356 e. The van der Waals surface area contributed by atoms with Crippen molar-refractivity contribution in [3.8, 4) is 0 Å². The number of pyridine rings is 2. The maximum absolute atomic E-state index is 13.5. The predicted molar refractivity (Wildman–Crippen MR) is 96.3 cm³/mol. The molecule has 0 unspecified atom stereocenters. The summed E-state index contributed by atoms with van der Waals surface area (Å²) in [5.41, 5.74) is 7.29. The second-order valence-electron chi connectivity index (χ2n) is 6.75. The molecule has 4 rings (SSSR count). The number of alkyl halides is 3. The van der Waals surface area contributed by atoms with Crippen molar-refractivity contribution < 1.29 is 13.2 Å². The third-order valence-corrected chi connectivity index (χ3v) is 4.85. The van der Waals surface area contributed by atoms with Crippen molar-refractivity contribution >= 4 is 17.4 Å². The first-order valence-corrected chi connectivity index (χ1v) is 8.67. The summed E-state index contributed by atoms with van der Waals surface area (Å²) in [4.78, 5) is 14.4. The van der Waals surface area contributed by atoms with Gasteiger partial charge in [0.25, 0.3) is 0 Å². The Kier molecular flexibility index (Phi) is 4.40. The van der Waals surface area contributed by atoms with E-state index >= 15 is 0 Å². The van der Waals surface area contributed by atoms with E-state index in [1.54, 1.807) is 17.0 Å². The molecule has 144 valence electrons. The van der Waals surface area contributed by atoms with Gasteiger partial charge in [0.15, 0.2) is 5.84 Å². The maximum Gasteiger partial charge on any atom is 0.416 e. The number of aliphatic imine (C=N–C) groups is 1. The van der Waals surface area contributed by atoms with Crippen molar-refractivity contribution in [2.24, 2.45) is 16.0 Å². The molecule has 28 heavy (non-hydrogen) atoms. The molecule has 7 nitrogen and oxygen atoms in total. The van der Waals surface area contributed by atoms with Crippen molar-refractivity contribution in [1.29, 1.82) is 10.9 Å². The van der Waals surface area contributed by atoms with Crippen LogP contribution in [0.3, 0.4) is 0 Å². The van der Waals surface area contributed by atoms with Gasteiger partial charge in [0, 0.05) is 24.8 Å². The molecule has 2 aromatic rings. The Morgan fingerprint density at radius 1 is 1.29 bits per heavy atom. The summed E-state index contributed by atoms with van der Waals surface area (Å²) in [7, 11) is 0. The van der Waals surface area contributed by atoms with E-state index in [0.717, 1.165) is 18.6 Å². The topological polar surface area (TPSA) is 101 Å². The number of hydrogen-bond acceptors (Lipinski definition) is 6. The largest absolute Gasteiger partial charge is 0.416 e. The number of amidine groups is 1. The minimum absolute atomic E-state index is 0.0648. The molecule has 0 aliphatic carbocycles. The van der Waals surface area contributed by atoms with E-state index in [9.17, 15) is 13.2 Å². The van der Waals surface area contributed by atoms with Crippen LogP contribution >= 0.6 is 0 Å². The van der Waals surface area contributed by atoms with Crippen molar-refractivity contribution in [1.82, 2.24) is 9.97 Å². The van der Waals surface area contributed by atoms with Crippen LogP contribution in [-0.4, -0.2) is 41.1 Å². The third kappa shape index (κ3) is 3.25. The molecular weight excluding hydrogens is 371 g/mol. The van der Waals surface area contributed by atoms with Gasteiger partial charge in [0.1, 0.15) is 17.2 Å². The van der Waals surface area contributed by atoms with Gasteiger partial charge in [-0.25, -0.2) is 15.5 Å². The molecule has 1 fully saturated rings. The van der Waals surface area contributed by atoms with Crippen LogP contribution in [0.4, 0.5) is 19.0 Å². The molecule has 2 aliphatic rings. The molecule has 0 bridgehead atoms. The highest BCUT2D eigenvalue weighted by molar-refractivity contribution is 6.26. The highest BCUT2D eigenvalue weighted by Gasteiger charge is 2.35. The van der Waals surface area contributed by atoms with Crippen molar-refractivity contribution in [2.45, 2.75) is 12.6 Å². The Balaban J connectivity index is 1.78. The summed E-state index contributed by atoms with van der Waals surface area (Å²) in [6, 6.07) is 5.32. The second-order valence-corrected chi connectivity index (χ2v) is 6.75. The lowest BCUT2D eigenvalue weighted by Crippen LogP contribution is -2.23. The number of nitrogens with one attached hydrogen (secondary N) is 2. The number of anilines is 1. The summed E-state index contributed by atoms with van der Waals surface area (Å²) in [5.74, 6) is 0.243. The fourth-order valence-corrected chi connectivity index (χ4v) is 3.49. The lowest BCUT2D eigenvalue weighted by atomic mass is 10.1. The SMILES string of the molecule is N=NC[C@@H]1CCN(c2cc(C(F)(F)F)cc(C3=NC(=N)c4ncccc43)n2)C1. The van der Waals surface area contributed by atoms with Crippen LogP contribution < -0.4 is 4.90 Å². The summed E-state index contributed by atoms with van der Waals surface area (Å²) in [5, 5.41) is 11.3. The molecule has 10 heteroatoms. The quantitative estimate of drug-likeness (QED) is 0.785. The van der Waals surface area contributed by atoms with E-state index in [1.807, 2.05) is 0 Å². The molecule has 2 aromatic heterocycles. The molecule has 2 aliphatic heterocycles. The lowest BCUT2D eigenvalue weighted by molar-refractivity contribution is -0.137. The molecule has 1 saturated heterocycles. The van der Waals surface area contributed by atoms with Gasteiger partial charge in [0.2, 0.25) is 0 Å². The van der Waals surface area contributed by atoms with Crippen LogP contribution in [0.15, 0.2) is 40.6 Å². The zero-order valence-electron chi connectivity index (χ0n) is 14.7. The minimum Gasteiger partial charge on any atom is -0.356 e. The standard InChI is InChI=1S/C18H16F3N7/c19-18(20,21)11-6-13(15-12-2-1-4-24-16(12)17(22)27-15)26-14(7-11)28-5-3-10(9-28)8-25-23/h1-2,4,6-7,10,22-23H,3,5,8-9H2/t10-/m0/s1. The first kappa shape index (κ1) is 18.2. The first-order chi connectivity index (χ1) is 13.4. The number of nitrogens with zero attached hydrogens (tertiary/aromatic N) is 5. The van der Waals surface area contributed by atoms with Gasteiger partial charge in [-0.2, -0.15) is 18.3 Å². The van der Waals surface area contributed by atoms with E-state index in [4.69, 9.17) is 10.9 Å². The number of hydrogen-bond donors (Lipinski definition) is 2. The average molecular weight is 387 g/mol. The van der Waals surface area contributed by atoms with Gasteiger partial charge in [-0.05, 0) is 36.6 Å². The predicted octanol–water partition coefficient (Wildman–Crippen LogP) is 3.53. The van der Waals surface area contributed by atoms with Crippen molar-refractivity contribution in [3.05, 3.63) is 53.0 Å². The molecule has 2 N–H and O–H groups in total. The molecule has 0 saturated carbocycles. The monoisotopic (exact) mass is 387 g/mol. The molecule has 0 radical (unpaired) electrons. The van der Waals surface area contributed by atoms with E-state index < -0.39 is 11.7 Å². The third-order valence-electron chi connectivity index (χ3n) is 4.85. The molecule has 1 atom stereocenters. The van der Waals surface area contributed by atoms with Gasteiger partial charge < -0.3 is 4.90 Å². The average Bonchev–Trinajstić information content (AvgIpc) is 3.26. The van der Waals surface area contributed by atoms with Crippen LogP contribution in [0.2, 0.25) is 0 Å². The molecule has 0 spiro atoms.